The van der Waals surface area contributed by atoms with E-state index in [1.54, 1.807) is 13.3 Å². The fourth-order valence-corrected chi connectivity index (χ4v) is 3.91. The zero-order chi connectivity index (χ0) is 15.5. The number of methoxy groups -OCH3 is 1. The molecule has 22 heavy (non-hydrogen) atoms. The number of carbonyl (C=O) groups is 1. The maximum atomic E-state index is 13.0. The van der Waals surface area contributed by atoms with Crippen molar-refractivity contribution in [2.24, 2.45) is 0 Å². The number of rotatable bonds is 3. The molecule has 0 aliphatic carbocycles. The Morgan fingerprint density at radius 1 is 1.41 bits per heavy atom. The van der Waals surface area contributed by atoms with Crippen LogP contribution in [0.5, 0.6) is 5.75 Å². The quantitative estimate of drug-likeness (QED) is 0.864. The van der Waals surface area contributed by atoms with Gasteiger partial charge in [-0.15, -0.1) is 11.3 Å². The van der Waals surface area contributed by atoms with E-state index >= 15 is 0 Å². The van der Waals surface area contributed by atoms with Crippen molar-refractivity contribution in [1.29, 1.82) is 0 Å². The number of hydrogen-bond acceptors (Lipinski definition) is 4. The lowest BCUT2D eigenvalue weighted by Gasteiger charge is -2.35. The van der Waals surface area contributed by atoms with Gasteiger partial charge in [0.25, 0.3) is 5.91 Å². The lowest BCUT2D eigenvalue weighted by Crippen LogP contribution is -2.38. The number of aryl methyl sites for hydroxylation is 1. The summed E-state index contributed by atoms with van der Waals surface area (Å²) in [7, 11) is 1.62. The Morgan fingerprint density at radius 2 is 2.27 bits per heavy atom. The minimum Gasteiger partial charge on any atom is -0.495 e. The Balaban J connectivity index is 1.92. The number of nitrogens with zero attached hydrogens (tertiary/aromatic N) is 2. The highest BCUT2D eigenvalue weighted by molar-refractivity contribution is 7.14. The zero-order valence-corrected chi connectivity index (χ0v) is 13.7. The van der Waals surface area contributed by atoms with Crippen LogP contribution >= 0.6 is 11.3 Å². The Bertz CT molecular complexity index is 654. The van der Waals surface area contributed by atoms with Gasteiger partial charge in [-0.25, -0.2) is 0 Å². The molecule has 116 valence electrons. The number of aromatic nitrogens is 1. The highest BCUT2D eigenvalue weighted by Gasteiger charge is 2.31. The molecule has 2 aromatic heterocycles. The number of piperidine rings is 1. The molecule has 5 heteroatoms. The van der Waals surface area contributed by atoms with E-state index in [0.29, 0.717) is 10.6 Å². The SMILES string of the molecule is COc1cc(C)sc1C(=O)N1CCCC[C@@H]1c1ccccn1. The van der Waals surface area contributed by atoms with E-state index in [4.69, 9.17) is 4.74 Å². The first-order chi connectivity index (χ1) is 10.7. The maximum absolute atomic E-state index is 13.0. The molecule has 1 fully saturated rings. The first-order valence-electron chi connectivity index (χ1n) is 7.57. The summed E-state index contributed by atoms with van der Waals surface area (Å²) < 4.78 is 5.37. The Labute approximate surface area is 134 Å². The fraction of sp³-hybridized carbons (Fsp3) is 0.412. The van der Waals surface area contributed by atoms with Gasteiger partial charge in [-0.2, -0.15) is 0 Å². The smallest absolute Gasteiger partial charge is 0.268 e. The molecule has 1 aliphatic heterocycles. The number of carbonyl (C=O) groups excluding carboxylic acids is 1. The van der Waals surface area contributed by atoms with Crippen LogP contribution in [0, 0.1) is 6.92 Å². The molecular weight excluding hydrogens is 296 g/mol. The van der Waals surface area contributed by atoms with Crippen LogP contribution in [0.3, 0.4) is 0 Å². The molecule has 0 bridgehead atoms. The molecule has 1 amide bonds. The topological polar surface area (TPSA) is 42.4 Å². The van der Waals surface area contributed by atoms with Crippen molar-refractivity contribution in [3.8, 4) is 5.75 Å². The van der Waals surface area contributed by atoms with E-state index in [0.717, 1.165) is 36.4 Å². The molecule has 0 aromatic carbocycles. The van der Waals surface area contributed by atoms with Crippen molar-refractivity contribution >= 4 is 17.2 Å². The zero-order valence-electron chi connectivity index (χ0n) is 12.9. The van der Waals surface area contributed by atoms with Crippen molar-refractivity contribution in [2.75, 3.05) is 13.7 Å². The minimum absolute atomic E-state index is 0.0605. The predicted molar refractivity (Wildman–Crippen MR) is 87.5 cm³/mol. The summed E-state index contributed by atoms with van der Waals surface area (Å²) >= 11 is 1.50. The second-order valence-corrected chi connectivity index (χ2v) is 6.78. The summed E-state index contributed by atoms with van der Waals surface area (Å²) in [5.41, 5.74) is 0.975. The van der Waals surface area contributed by atoms with Crippen LogP contribution < -0.4 is 4.74 Å². The van der Waals surface area contributed by atoms with Crippen LogP contribution in [-0.4, -0.2) is 29.4 Å². The lowest BCUT2D eigenvalue weighted by molar-refractivity contribution is 0.0608. The van der Waals surface area contributed by atoms with E-state index < -0.39 is 0 Å². The highest BCUT2D eigenvalue weighted by atomic mass is 32.1. The summed E-state index contributed by atoms with van der Waals surface area (Å²) in [6.45, 7) is 2.77. The summed E-state index contributed by atoms with van der Waals surface area (Å²) in [5.74, 6) is 0.739. The third kappa shape index (κ3) is 2.86. The average Bonchev–Trinajstić information content (AvgIpc) is 2.96. The van der Waals surface area contributed by atoms with Gasteiger partial charge in [0, 0.05) is 17.6 Å². The first-order valence-corrected chi connectivity index (χ1v) is 8.38. The van der Waals surface area contributed by atoms with Crippen molar-refractivity contribution in [3.63, 3.8) is 0 Å². The lowest BCUT2D eigenvalue weighted by atomic mass is 9.98. The van der Waals surface area contributed by atoms with Crippen LogP contribution in [0.2, 0.25) is 0 Å². The van der Waals surface area contributed by atoms with Gasteiger partial charge in [0.2, 0.25) is 0 Å². The molecular formula is C17H20N2O2S. The number of pyridine rings is 1. The second kappa shape index (κ2) is 6.48. The van der Waals surface area contributed by atoms with Gasteiger partial charge in [0.05, 0.1) is 18.8 Å². The second-order valence-electron chi connectivity index (χ2n) is 5.52. The highest BCUT2D eigenvalue weighted by Crippen LogP contribution is 2.35. The number of hydrogen-bond donors (Lipinski definition) is 0. The Kier molecular flexibility index (Phi) is 4.43. The summed E-state index contributed by atoms with van der Waals surface area (Å²) in [5, 5.41) is 0. The van der Waals surface area contributed by atoms with E-state index in [1.165, 1.54) is 11.3 Å². The third-order valence-electron chi connectivity index (χ3n) is 4.03. The van der Waals surface area contributed by atoms with E-state index in [2.05, 4.69) is 4.98 Å². The van der Waals surface area contributed by atoms with Gasteiger partial charge < -0.3 is 9.64 Å². The standard InChI is InChI=1S/C17H20N2O2S/c1-12-11-15(21-2)16(22-12)17(20)19-10-6-4-8-14(19)13-7-3-5-9-18-13/h3,5,7,9,11,14H,4,6,8,10H2,1-2H3/t14-/m1/s1. The minimum atomic E-state index is 0.0605. The number of ether oxygens (including phenoxy) is 1. The van der Waals surface area contributed by atoms with E-state index in [1.807, 2.05) is 36.1 Å². The van der Waals surface area contributed by atoms with Crippen LogP contribution in [-0.2, 0) is 0 Å². The molecule has 0 radical (unpaired) electrons. The van der Waals surface area contributed by atoms with Crippen molar-refractivity contribution < 1.29 is 9.53 Å². The fourth-order valence-electron chi connectivity index (χ4n) is 2.98. The number of amides is 1. The van der Waals surface area contributed by atoms with Gasteiger partial charge >= 0.3 is 0 Å². The molecule has 1 saturated heterocycles. The predicted octanol–water partition coefficient (Wildman–Crippen LogP) is 3.83. The molecule has 4 nitrogen and oxygen atoms in total. The summed E-state index contributed by atoms with van der Waals surface area (Å²) in [6.07, 6.45) is 4.94. The third-order valence-corrected chi connectivity index (χ3v) is 5.05. The van der Waals surface area contributed by atoms with Crippen molar-refractivity contribution in [3.05, 3.63) is 45.9 Å². The summed E-state index contributed by atoms with van der Waals surface area (Å²) in [4.78, 5) is 21.2. The van der Waals surface area contributed by atoms with Gasteiger partial charge in [-0.05, 0) is 44.4 Å². The average molecular weight is 316 g/mol. The first kappa shape index (κ1) is 15.0. The molecule has 1 aliphatic rings. The van der Waals surface area contributed by atoms with Gasteiger partial charge in [-0.1, -0.05) is 6.07 Å². The van der Waals surface area contributed by atoms with Gasteiger partial charge in [0.1, 0.15) is 10.6 Å². The Morgan fingerprint density at radius 3 is 3.00 bits per heavy atom. The largest absolute Gasteiger partial charge is 0.495 e. The molecule has 0 spiro atoms. The van der Waals surface area contributed by atoms with Crippen LogP contribution in [0.25, 0.3) is 0 Å². The molecule has 1 atom stereocenters. The van der Waals surface area contributed by atoms with E-state index in [-0.39, 0.29) is 11.9 Å². The monoisotopic (exact) mass is 316 g/mol. The van der Waals surface area contributed by atoms with Gasteiger partial charge in [0.15, 0.2) is 0 Å². The molecule has 3 rings (SSSR count). The molecule has 0 unspecified atom stereocenters. The Hall–Kier alpha value is -1.88. The maximum Gasteiger partial charge on any atom is 0.268 e. The summed E-state index contributed by atoms with van der Waals surface area (Å²) in [6, 6.07) is 7.89. The van der Waals surface area contributed by atoms with Gasteiger partial charge in [-0.3, -0.25) is 9.78 Å². The molecule has 0 saturated carbocycles. The molecule has 2 aromatic rings. The molecule has 3 heterocycles. The number of thiophene rings is 1. The van der Waals surface area contributed by atoms with Crippen LogP contribution in [0.4, 0.5) is 0 Å². The van der Waals surface area contributed by atoms with Crippen molar-refractivity contribution in [2.45, 2.75) is 32.2 Å². The van der Waals surface area contributed by atoms with Crippen LogP contribution in [0.15, 0.2) is 30.5 Å². The van der Waals surface area contributed by atoms with Crippen molar-refractivity contribution in [1.82, 2.24) is 9.88 Å². The normalized spacial score (nSPS) is 18.3. The molecule has 0 N–H and O–H groups in total. The number of likely N-dealkylation sites (tertiary alicyclic amines) is 1. The van der Waals surface area contributed by atoms with Crippen LogP contribution in [0.1, 0.15) is 45.5 Å². The van der Waals surface area contributed by atoms with E-state index in [9.17, 15) is 4.79 Å².